The Morgan fingerprint density at radius 3 is 2.83 bits per heavy atom. The molecule has 18 heavy (non-hydrogen) atoms. The molecule has 0 aliphatic heterocycles. The van der Waals surface area contributed by atoms with E-state index in [2.05, 4.69) is 22.9 Å². The molecule has 0 spiro atoms. The first kappa shape index (κ1) is 12.8. The lowest BCUT2D eigenvalue weighted by molar-refractivity contribution is 0.696. The number of fused-ring (bicyclic) bond motifs is 1. The van der Waals surface area contributed by atoms with Crippen molar-refractivity contribution < 1.29 is 0 Å². The zero-order valence-corrected chi connectivity index (χ0v) is 11.5. The number of rotatable bonds is 5. The largest absolute Gasteiger partial charge is 0.387 e. The van der Waals surface area contributed by atoms with Gasteiger partial charge in [-0.2, -0.15) is 0 Å². The summed E-state index contributed by atoms with van der Waals surface area (Å²) >= 11 is 1.69. The normalized spacial score (nSPS) is 12.6. The smallest absolute Gasteiger partial charge is 0.186 e. The first-order chi connectivity index (χ1) is 8.61. The van der Waals surface area contributed by atoms with Gasteiger partial charge in [0.05, 0.1) is 16.1 Å². The molecule has 5 heteroatoms. The summed E-state index contributed by atoms with van der Waals surface area (Å²) in [7, 11) is 0. The molecule has 2 rings (SSSR count). The minimum Gasteiger partial charge on any atom is -0.387 e. The first-order valence-electron chi connectivity index (χ1n) is 6.06. The fourth-order valence-electron chi connectivity index (χ4n) is 1.77. The molecule has 1 aromatic carbocycles. The molecule has 1 unspecified atom stereocenters. The Hall–Kier alpha value is -1.62. The van der Waals surface area contributed by atoms with Gasteiger partial charge >= 0.3 is 0 Å². The predicted molar refractivity (Wildman–Crippen MR) is 78.6 cm³/mol. The van der Waals surface area contributed by atoms with Gasteiger partial charge in [-0.1, -0.05) is 30.4 Å². The topological polar surface area (TPSA) is 66.0 Å². The van der Waals surface area contributed by atoms with Crippen molar-refractivity contribution in [1.29, 1.82) is 5.41 Å². The zero-order valence-electron chi connectivity index (χ0n) is 10.7. The summed E-state index contributed by atoms with van der Waals surface area (Å²) in [6.45, 7) is 5.68. The number of benzene rings is 1. The summed E-state index contributed by atoms with van der Waals surface area (Å²) < 4.78 is 1.20. The van der Waals surface area contributed by atoms with Crippen LogP contribution in [0.2, 0.25) is 0 Å². The number of nitrogens with two attached hydrogens (primary N) is 1. The van der Waals surface area contributed by atoms with Crippen molar-refractivity contribution in [2.24, 2.45) is 11.7 Å². The molecular weight excluding hydrogens is 244 g/mol. The number of nitrogens with one attached hydrogen (secondary N) is 1. The molecule has 1 atom stereocenters. The van der Waals surface area contributed by atoms with Crippen LogP contribution in [0.3, 0.4) is 0 Å². The van der Waals surface area contributed by atoms with E-state index in [1.807, 2.05) is 25.1 Å². The predicted octanol–water partition coefficient (Wildman–Crippen LogP) is 2.69. The van der Waals surface area contributed by atoms with Crippen molar-refractivity contribution in [3.8, 4) is 0 Å². The van der Waals surface area contributed by atoms with Gasteiger partial charge < -0.3 is 10.6 Å². The summed E-state index contributed by atoms with van der Waals surface area (Å²) in [5.41, 5.74) is 6.57. The molecule has 0 aliphatic carbocycles. The van der Waals surface area contributed by atoms with Gasteiger partial charge in [0, 0.05) is 19.0 Å². The van der Waals surface area contributed by atoms with Crippen LogP contribution >= 0.6 is 11.3 Å². The van der Waals surface area contributed by atoms with E-state index in [0.717, 1.165) is 23.7 Å². The minimum atomic E-state index is 0.0527. The lowest BCUT2D eigenvalue weighted by Crippen LogP contribution is -2.34. The van der Waals surface area contributed by atoms with E-state index in [4.69, 9.17) is 11.1 Å². The minimum absolute atomic E-state index is 0.0527. The van der Waals surface area contributed by atoms with Crippen molar-refractivity contribution in [2.75, 3.05) is 18.0 Å². The van der Waals surface area contributed by atoms with Crippen molar-refractivity contribution in [3.05, 3.63) is 24.3 Å². The van der Waals surface area contributed by atoms with Gasteiger partial charge in [0.1, 0.15) is 0 Å². The van der Waals surface area contributed by atoms with Gasteiger partial charge in [0.15, 0.2) is 5.13 Å². The van der Waals surface area contributed by atoms with Crippen LogP contribution in [0.4, 0.5) is 5.13 Å². The van der Waals surface area contributed by atoms with Crippen molar-refractivity contribution >= 4 is 32.5 Å². The molecular formula is C13H18N4S. The Morgan fingerprint density at radius 1 is 1.50 bits per heavy atom. The van der Waals surface area contributed by atoms with E-state index in [1.165, 1.54) is 4.70 Å². The second-order valence-corrected chi connectivity index (χ2v) is 5.37. The van der Waals surface area contributed by atoms with Gasteiger partial charge in [0.2, 0.25) is 0 Å². The molecule has 4 nitrogen and oxygen atoms in total. The molecule has 0 aliphatic rings. The van der Waals surface area contributed by atoms with Crippen LogP contribution in [0, 0.1) is 11.3 Å². The molecule has 1 heterocycles. The molecule has 0 fully saturated rings. The Bertz CT molecular complexity index is 516. The summed E-state index contributed by atoms with van der Waals surface area (Å²) in [6, 6.07) is 8.13. The van der Waals surface area contributed by atoms with Crippen LogP contribution in [-0.4, -0.2) is 23.9 Å². The fraction of sp³-hybridized carbons (Fsp3) is 0.385. The highest BCUT2D eigenvalue weighted by atomic mass is 32.1. The summed E-state index contributed by atoms with van der Waals surface area (Å²) in [4.78, 5) is 6.81. The lowest BCUT2D eigenvalue weighted by atomic mass is 10.1. The number of hydrogen-bond acceptors (Lipinski definition) is 4. The molecule has 3 N–H and O–H groups in total. The van der Waals surface area contributed by atoms with Crippen LogP contribution < -0.4 is 10.6 Å². The number of aromatic nitrogens is 1. The third-order valence-electron chi connectivity index (χ3n) is 2.96. The zero-order chi connectivity index (χ0) is 13.1. The number of para-hydroxylation sites is 1. The van der Waals surface area contributed by atoms with E-state index in [9.17, 15) is 0 Å². The molecule has 0 radical (unpaired) electrons. The van der Waals surface area contributed by atoms with E-state index >= 15 is 0 Å². The van der Waals surface area contributed by atoms with Crippen LogP contribution in [0.1, 0.15) is 13.8 Å². The number of amidine groups is 1. The van der Waals surface area contributed by atoms with E-state index < -0.39 is 0 Å². The van der Waals surface area contributed by atoms with E-state index in [1.54, 1.807) is 11.3 Å². The summed E-state index contributed by atoms with van der Waals surface area (Å²) in [5, 5.41) is 8.48. The molecule has 0 saturated heterocycles. The van der Waals surface area contributed by atoms with Gasteiger partial charge in [-0.3, -0.25) is 5.41 Å². The maximum Gasteiger partial charge on any atom is 0.186 e. The van der Waals surface area contributed by atoms with Gasteiger partial charge in [-0.05, 0) is 19.1 Å². The summed E-state index contributed by atoms with van der Waals surface area (Å²) in [6.07, 6.45) is 0. The number of anilines is 1. The first-order valence-corrected chi connectivity index (χ1v) is 6.88. The molecule has 96 valence electrons. The lowest BCUT2D eigenvalue weighted by Gasteiger charge is -2.23. The molecule has 0 saturated carbocycles. The Kier molecular flexibility index (Phi) is 3.81. The van der Waals surface area contributed by atoms with Crippen molar-refractivity contribution in [2.45, 2.75) is 13.8 Å². The SMILES string of the molecule is CCN(CC(C)C(=N)N)c1nc2ccccc2s1. The Labute approximate surface area is 111 Å². The third kappa shape index (κ3) is 2.61. The molecule has 0 bridgehead atoms. The van der Waals surface area contributed by atoms with E-state index in [-0.39, 0.29) is 11.8 Å². The standard InChI is InChI=1S/C13H18N4S/c1-3-17(8-9(2)12(14)15)13-16-10-6-4-5-7-11(10)18-13/h4-7,9H,3,8H2,1-2H3,(H3,14,15). The third-order valence-corrected chi connectivity index (χ3v) is 4.06. The average molecular weight is 262 g/mol. The Morgan fingerprint density at radius 2 is 2.22 bits per heavy atom. The van der Waals surface area contributed by atoms with Crippen LogP contribution in [0.5, 0.6) is 0 Å². The second kappa shape index (κ2) is 5.35. The van der Waals surface area contributed by atoms with Crippen molar-refractivity contribution in [3.63, 3.8) is 0 Å². The maximum absolute atomic E-state index is 7.47. The number of thiazole rings is 1. The van der Waals surface area contributed by atoms with Gasteiger partial charge in [0.25, 0.3) is 0 Å². The summed E-state index contributed by atoms with van der Waals surface area (Å²) in [5.74, 6) is 0.284. The fourth-order valence-corrected chi connectivity index (χ4v) is 2.80. The van der Waals surface area contributed by atoms with Crippen LogP contribution in [0.25, 0.3) is 10.2 Å². The van der Waals surface area contributed by atoms with Crippen LogP contribution in [-0.2, 0) is 0 Å². The second-order valence-electron chi connectivity index (χ2n) is 4.36. The van der Waals surface area contributed by atoms with Gasteiger partial charge in [-0.25, -0.2) is 4.98 Å². The highest BCUT2D eigenvalue weighted by Crippen LogP contribution is 2.28. The quantitative estimate of drug-likeness (QED) is 0.643. The van der Waals surface area contributed by atoms with Crippen LogP contribution in [0.15, 0.2) is 24.3 Å². The number of nitrogens with zero attached hydrogens (tertiary/aromatic N) is 2. The molecule has 2 aromatic rings. The number of hydrogen-bond donors (Lipinski definition) is 2. The molecule has 0 amide bonds. The highest BCUT2D eigenvalue weighted by molar-refractivity contribution is 7.22. The maximum atomic E-state index is 7.47. The molecule has 1 aromatic heterocycles. The van der Waals surface area contributed by atoms with E-state index in [0.29, 0.717) is 0 Å². The Balaban J connectivity index is 2.24. The van der Waals surface area contributed by atoms with Gasteiger partial charge in [-0.15, -0.1) is 0 Å². The van der Waals surface area contributed by atoms with Crippen molar-refractivity contribution in [1.82, 2.24) is 4.98 Å². The average Bonchev–Trinajstić information content (AvgIpc) is 2.78. The monoisotopic (exact) mass is 262 g/mol. The highest BCUT2D eigenvalue weighted by Gasteiger charge is 2.15.